The molecule has 3 aliphatic heterocycles. The predicted molar refractivity (Wildman–Crippen MR) is 168 cm³/mol. The molecule has 0 saturated carbocycles. The van der Waals surface area contributed by atoms with Gasteiger partial charge in [-0.2, -0.15) is 0 Å². The minimum atomic E-state index is -0.126. The lowest BCUT2D eigenvalue weighted by Crippen LogP contribution is -2.43. The number of benzene rings is 3. The van der Waals surface area contributed by atoms with Crippen LogP contribution in [0.1, 0.15) is 23.1 Å². The van der Waals surface area contributed by atoms with Gasteiger partial charge < -0.3 is 19.9 Å². The maximum absolute atomic E-state index is 14.5. The Hall–Kier alpha value is -4.39. The molecule has 0 spiro atoms. The number of pyridine rings is 1. The summed E-state index contributed by atoms with van der Waals surface area (Å²) in [7, 11) is 0. The van der Waals surface area contributed by atoms with Gasteiger partial charge in [0.25, 0.3) is 5.91 Å². The molecule has 0 aliphatic carbocycles. The molecule has 42 heavy (non-hydrogen) atoms. The lowest BCUT2D eigenvalue weighted by atomic mass is 9.97. The molecule has 6 nitrogen and oxygen atoms in total. The van der Waals surface area contributed by atoms with Gasteiger partial charge in [-0.3, -0.25) is 9.78 Å². The van der Waals surface area contributed by atoms with Crippen LogP contribution in [0.4, 0.5) is 11.4 Å². The first-order valence-corrected chi connectivity index (χ1v) is 14.8. The molecule has 0 unspecified atom stereocenters. The fourth-order valence-electron chi connectivity index (χ4n) is 6.02. The second-order valence-corrected chi connectivity index (χ2v) is 11.3. The van der Waals surface area contributed by atoms with E-state index in [0.29, 0.717) is 35.9 Å². The van der Waals surface area contributed by atoms with E-state index >= 15 is 0 Å². The molecule has 0 radical (unpaired) electrons. The molecule has 1 fully saturated rings. The van der Waals surface area contributed by atoms with Crippen molar-refractivity contribution in [2.75, 3.05) is 36.0 Å². The van der Waals surface area contributed by atoms with E-state index in [-0.39, 0.29) is 5.91 Å². The van der Waals surface area contributed by atoms with Crippen LogP contribution in [0.25, 0.3) is 16.9 Å². The molecule has 4 aromatic rings. The maximum Gasteiger partial charge on any atom is 0.294 e. The van der Waals surface area contributed by atoms with Crippen LogP contribution >= 0.6 is 11.6 Å². The number of nitrogens with one attached hydrogen (secondary N) is 1. The van der Waals surface area contributed by atoms with Crippen molar-refractivity contribution in [3.05, 3.63) is 130 Å². The molecule has 210 valence electrons. The van der Waals surface area contributed by atoms with Crippen LogP contribution < -0.4 is 15.1 Å². The minimum Gasteiger partial charge on any atom is -0.451 e. The highest BCUT2D eigenvalue weighted by molar-refractivity contribution is 6.30. The zero-order valence-electron chi connectivity index (χ0n) is 23.2. The average molecular weight is 575 g/mol. The molecule has 4 heterocycles. The maximum atomic E-state index is 14.5. The number of rotatable bonds is 5. The Bertz CT molecular complexity index is 1690. The summed E-state index contributed by atoms with van der Waals surface area (Å²) >= 11 is 6.14. The van der Waals surface area contributed by atoms with Gasteiger partial charge in [0, 0.05) is 66.1 Å². The van der Waals surface area contributed by atoms with Crippen LogP contribution in [-0.4, -0.2) is 37.1 Å². The molecule has 3 aliphatic rings. The van der Waals surface area contributed by atoms with Crippen LogP contribution in [0.3, 0.4) is 0 Å². The molecule has 7 rings (SSSR count). The number of aromatic nitrogens is 1. The minimum absolute atomic E-state index is 0.126. The normalized spacial score (nSPS) is 16.8. The monoisotopic (exact) mass is 574 g/mol. The van der Waals surface area contributed by atoms with Gasteiger partial charge in [0.05, 0.1) is 6.54 Å². The molecular weight excluding hydrogens is 544 g/mol. The molecule has 3 aromatic carbocycles. The number of piperazine rings is 1. The van der Waals surface area contributed by atoms with E-state index in [0.717, 1.165) is 65.3 Å². The number of allylic oxidation sites excluding steroid dienone is 2. The topological polar surface area (TPSA) is 57.7 Å². The van der Waals surface area contributed by atoms with Crippen LogP contribution in [0, 0.1) is 0 Å². The number of hydrogen-bond donors (Lipinski definition) is 1. The molecule has 1 N–H and O–H groups in total. The SMILES string of the molecule is O=C1C2=C(CC=C(c3ccc(Cl)cc3)O2)Cc2cc(N3CCNCC3)ccc2N1Cc1ccccc1-c1cccnc1. The van der Waals surface area contributed by atoms with Crippen LogP contribution in [0.15, 0.2) is 109 Å². The Morgan fingerprint density at radius 1 is 0.929 bits per heavy atom. The van der Waals surface area contributed by atoms with Gasteiger partial charge in [-0.1, -0.05) is 41.9 Å². The van der Waals surface area contributed by atoms with Crippen molar-refractivity contribution >= 4 is 34.6 Å². The highest BCUT2D eigenvalue weighted by atomic mass is 35.5. The van der Waals surface area contributed by atoms with E-state index in [1.165, 1.54) is 5.69 Å². The smallest absolute Gasteiger partial charge is 0.294 e. The van der Waals surface area contributed by atoms with E-state index in [1.807, 2.05) is 53.6 Å². The highest BCUT2D eigenvalue weighted by Crippen LogP contribution is 2.40. The highest BCUT2D eigenvalue weighted by Gasteiger charge is 2.33. The van der Waals surface area contributed by atoms with Crippen LogP contribution in [-0.2, 0) is 22.5 Å². The summed E-state index contributed by atoms with van der Waals surface area (Å²) in [6, 6.07) is 26.3. The summed E-state index contributed by atoms with van der Waals surface area (Å²) in [5.74, 6) is 0.974. The third-order valence-corrected chi connectivity index (χ3v) is 8.45. The first kappa shape index (κ1) is 26.5. The summed E-state index contributed by atoms with van der Waals surface area (Å²) in [5, 5.41) is 4.10. The number of nitrogens with zero attached hydrogens (tertiary/aromatic N) is 3. The van der Waals surface area contributed by atoms with Crippen molar-refractivity contribution < 1.29 is 9.53 Å². The number of fused-ring (bicyclic) bond motifs is 1. The molecule has 7 heteroatoms. The quantitative estimate of drug-likeness (QED) is 0.290. The third kappa shape index (κ3) is 5.20. The molecule has 0 bridgehead atoms. The van der Waals surface area contributed by atoms with Crippen molar-refractivity contribution in [1.82, 2.24) is 10.3 Å². The Labute approximate surface area is 250 Å². The Morgan fingerprint density at radius 2 is 1.76 bits per heavy atom. The zero-order valence-corrected chi connectivity index (χ0v) is 24.0. The zero-order chi connectivity index (χ0) is 28.5. The number of halogens is 1. The third-order valence-electron chi connectivity index (χ3n) is 8.19. The summed E-state index contributed by atoms with van der Waals surface area (Å²) in [4.78, 5) is 23.1. The molecule has 1 aromatic heterocycles. The number of carbonyl (C=O) groups is 1. The number of ether oxygens (including phenoxy) is 1. The Balaban J connectivity index is 1.29. The van der Waals surface area contributed by atoms with Gasteiger partial charge >= 0.3 is 0 Å². The van der Waals surface area contributed by atoms with Gasteiger partial charge in [-0.05, 0) is 89.7 Å². The summed E-state index contributed by atoms with van der Waals surface area (Å²) in [6.07, 6.45) is 7.02. The van der Waals surface area contributed by atoms with Crippen LogP contribution in [0.5, 0.6) is 0 Å². The second-order valence-electron chi connectivity index (χ2n) is 10.8. The summed E-state index contributed by atoms with van der Waals surface area (Å²) in [5.41, 5.74) is 8.27. The largest absolute Gasteiger partial charge is 0.451 e. The van der Waals surface area contributed by atoms with Crippen molar-refractivity contribution in [2.45, 2.75) is 19.4 Å². The van der Waals surface area contributed by atoms with E-state index < -0.39 is 0 Å². The second kappa shape index (κ2) is 11.5. The Morgan fingerprint density at radius 3 is 2.57 bits per heavy atom. The lowest BCUT2D eigenvalue weighted by Gasteiger charge is -2.31. The van der Waals surface area contributed by atoms with Gasteiger partial charge in [-0.15, -0.1) is 0 Å². The van der Waals surface area contributed by atoms with E-state index in [4.69, 9.17) is 16.3 Å². The van der Waals surface area contributed by atoms with Crippen LogP contribution in [0.2, 0.25) is 5.02 Å². The molecular formula is C35H31ClN4O2. The van der Waals surface area contributed by atoms with E-state index in [2.05, 4.69) is 57.7 Å². The van der Waals surface area contributed by atoms with Gasteiger partial charge in [0.2, 0.25) is 0 Å². The average Bonchev–Trinajstić information content (AvgIpc) is 3.16. The van der Waals surface area contributed by atoms with Gasteiger partial charge in [0.1, 0.15) is 5.76 Å². The number of amides is 1. The summed E-state index contributed by atoms with van der Waals surface area (Å²) in [6.45, 7) is 4.26. The van der Waals surface area contributed by atoms with E-state index in [1.54, 1.807) is 6.20 Å². The fraction of sp³-hybridized carbons (Fsp3) is 0.200. The van der Waals surface area contributed by atoms with Crippen molar-refractivity contribution in [3.8, 4) is 11.1 Å². The molecule has 1 amide bonds. The standard InChI is InChI=1S/C35H31ClN4O2/c36-29-10-7-24(8-11-29)33-14-9-25-20-28-21-30(39-18-16-37-17-19-39)12-13-32(28)40(35(41)34(25)42-33)23-27-4-1-2-6-31(27)26-5-3-15-38-22-26/h1-8,10-15,21-22,37H,9,16-20,23H2. The van der Waals surface area contributed by atoms with Gasteiger partial charge in [-0.25, -0.2) is 0 Å². The number of hydrogen-bond acceptors (Lipinski definition) is 5. The van der Waals surface area contributed by atoms with Crippen molar-refractivity contribution in [3.63, 3.8) is 0 Å². The Kier molecular flexibility index (Phi) is 7.24. The van der Waals surface area contributed by atoms with Crippen molar-refractivity contribution in [2.24, 2.45) is 0 Å². The predicted octanol–water partition coefficient (Wildman–Crippen LogP) is 6.62. The first-order valence-electron chi connectivity index (χ1n) is 14.4. The fourth-order valence-corrected chi connectivity index (χ4v) is 6.14. The van der Waals surface area contributed by atoms with E-state index in [9.17, 15) is 4.79 Å². The number of carbonyl (C=O) groups excluding carboxylic acids is 1. The summed E-state index contributed by atoms with van der Waals surface area (Å²) < 4.78 is 6.45. The first-order chi connectivity index (χ1) is 20.6. The van der Waals surface area contributed by atoms with Crippen molar-refractivity contribution in [1.29, 1.82) is 0 Å². The number of anilines is 2. The van der Waals surface area contributed by atoms with Gasteiger partial charge in [0.15, 0.2) is 5.76 Å². The molecule has 1 saturated heterocycles. The lowest BCUT2D eigenvalue weighted by molar-refractivity contribution is -0.117. The molecule has 0 atom stereocenters.